The van der Waals surface area contributed by atoms with Crippen LogP contribution in [0.5, 0.6) is 0 Å². The predicted molar refractivity (Wildman–Crippen MR) is 66.8 cm³/mol. The van der Waals surface area contributed by atoms with Crippen molar-refractivity contribution in [2.24, 2.45) is 11.7 Å². The van der Waals surface area contributed by atoms with Gasteiger partial charge in [0.15, 0.2) is 0 Å². The Hall–Kier alpha value is -0.610. The molecule has 0 aliphatic heterocycles. The quantitative estimate of drug-likeness (QED) is 0.750. The van der Waals surface area contributed by atoms with Gasteiger partial charge in [0.25, 0.3) is 0 Å². The highest BCUT2D eigenvalue weighted by Gasteiger charge is 2.28. The number of carbonyl (C=O) groups is 1. The summed E-state index contributed by atoms with van der Waals surface area (Å²) in [4.78, 5) is 10.8. The Kier molecular flexibility index (Phi) is 5.40. The van der Waals surface area contributed by atoms with E-state index in [1.807, 2.05) is 0 Å². The Morgan fingerprint density at radius 2 is 2.24 bits per heavy atom. The molecule has 0 radical (unpaired) electrons. The Morgan fingerprint density at radius 3 is 2.82 bits per heavy atom. The molecule has 0 saturated heterocycles. The third kappa shape index (κ3) is 4.64. The Bertz CT molecular complexity index is 253. The molecule has 0 aromatic heterocycles. The molecular weight excluding hydrogens is 218 g/mol. The highest BCUT2D eigenvalue weighted by molar-refractivity contribution is 5.77. The zero-order chi connectivity index (χ0) is 12.9. The second-order valence-corrected chi connectivity index (χ2v) is 5.41. The Balaban J connectivity index is 2.24. The van der Waals surface area contributed by atoms with Crippen molar-refractivity contribution in [3.8, 4) is 0 Å². The van der Waals surface area contributed by atoms with E-state index in [-0.39, 0.29) is 0 Å². The van der Waals surface area contributed by atoms with Crippen LogP contribution in [0.1, 0.15) is 52.4 Å². The summed E-state index contributed by atoms with van der Waals surface area (Å²) < 4.78 is 5.76. The standard InChI is InChI=1S/C13H25NO3/c1-3-10-5-4-6-11(9-10)17-8-7-13(2,14)12(15)16/h10-11H,3-9,14H2,1-2H3,(H,15,16). The molecule has 0 heterocycles. The first-order valence-corrected chi connectivity index (χ1v) is 6.59. The molecule has 0 bridgehead atoms. The Labute approximate surface area is 104 Å². The lowest BCUT2D eigenvalue weighted by Crippen LogP contribution is -2.46. The summed E-state index contributed by atoms with van der Waals surface area (Å²) in [5, 5.41) is 8.88. The molecule has 1 aliphatic carbocycles. The van der Waals surface area contributed by atoms with Gasteiger partial charge in [0.1, 0.15) is 5.54 Å². The van der Waals surface area contributed by atoms with Gasteiger partial charge >= 0.3 is 5.97 Å². The van der Waals surface area contributed by atoms with Crippen LogP contribution in [-0.4, -0.2) is 29.3 Å². The zero-order valence-corrected chi connectivity index (χ0v) is 10.9. The van der Waals surface area contributed by atoms with Crippen molar-refractivity contribution >= 4 is 5.97 Å². The summed E-state index contributed by atoms with van der Waals surface area (Å²) >= 11 is 0. The number of hydrogen-bond donors (Lipinski definition) is 2. The van der Waals surface area contributed by atoms with Crippen molar-refractivity contribution in [1.29, 1.82) is 0 Å². The summed E-state index contributed by atoms with van der Waals surface area (Å²) in [6.07, 6.45) is 6.63. The second-order valence-electron chi connectivity index (χ2n) is 5.41. The molecule has 1 fully saturated rings. The van der Waals surface area contributed by atoms with Crippen molar-refractivity contribution in [2.45, 2.75) is 64.0 Å². The number of carboxylic acid groups (broad SMARTS) is 1. The highest BCUT2D eigenvalue weighted by atomic mass is 16.5. The number of nitrogens with two attached hydrogens (primary N) is 1. The molecule has 3 atom stereocenters. The molecule has 0 aromatic carbocycles. The molecular formula is C13H25NO3. The lowest BCUT2D eigenvalue weighted by Gasteiger charge is -2.29. The molecule has 17 heavy (non-hydrogen) atoms. The molecule has 3 unspecified atom stereocenters. The van der Waals surface area contributed by atoms with E-state index < -0.39 is 11.5 Å². The van der Waals surface area contributed by atoms with E-state index in [1.54, 1.807) is 0 Å². The number of hydrogen-bond acceptors (Lipinski definition) is 3. The van der Waals surface area contributed by atoms with Crippen LogP contribution < -0.4 is 5.73 Å². The average molecular weight is 243 g/mol. The van der Waals surface area contributed by atoms with Crippen molar-refractivity contribution < 1.29 is 14.6 Å². The van der Waals surface area contributed by atoms with Gasteiger partial charge in [0, 0.05) is 6.61 Å². The van der Waals surface area contributed by atoms with Gasteiger partial charge in [-0.3, -0.25) is 4.79 Å². The molecule has 0 spiro atoms. The first-order valence-electron chi connectivity index (χ1n) is 6.59. The molecule has 1 saturated carbocycles. The number of carboxylic acids is 1. The van der Waals surface area contributed by atoms with Gasteiger partial charge in [0.2, 0.25) is 0 Å². The maximum atomic E-state index is 10.8. The number of ether oxygens (including phenoxy) is 1. The summed E-state index contributed by atoms with van der Waals surface area (Å²) in [5.74, 6) is -0.186. The third-order valence-electron chi connectivity index (χ3n) is 3.78. The number of rotatable bonds is 6. The lowest BCUT2D eigenvalue weighted by molar-refractivity contribution is -0.143. The van der Waals surface area contributed by atoms with Crippen LogP contribution in [0.15, 0.2) is 0 Å². The largest absolute Gasteiger partial charge is 0.480 e. The van der Waals surface area contributed by atoms with Gasteiger partial charge in [-0.1, -0.05) is 26.2 Å². The molecule has 3 N–H and O–H groups in total. The van der Waals surface area contributed by atoms with Crippen LogP contribution in [0.2, 0.25) is 0 Å². The molecule has 0 aromatic rings. The van der Waals surface area contributed by atoms with Crippen molar-refractivity contribution in [2.75, 3.05) is 6.61 Å². The Morgan fingerprint density at radius 1 is 1.53 bits per heavy atom. The first-order chi connectivity index (χ1) is 7.95. The van der Waals surface area contributed by atoms with E-state index >= 15 is 0 Å². The second kappa shape index (κ2) is 6.36. The number of aliphatic carboxylic acids is 1. The summed E-state index contributed by atoms with van der Waals surface area (Å²) in [6.45, 7) is 4.20. The van der Waals surface area contributed by atoms with E-state index in [0.717, 1.165) is 18.8 Å². The maximum absolute atomic E-state index is 10.8. The van der Waals surface area contributed by atoms with Crippen LogP contribution in [0, 0.1) is 5.92 Å². The minimum absolute atomic E-state index is 0.304. The molecule has 1 rings (SSSR count). The fourth-order valence-corrected chi connectivity index (χ4v) is 2.31. The van der Waals surface area contributed by atoms with Gasteiger partial charge < -0.3 is 15.6 Å². The first kappa shape index (κ1) is 14.5. The normalized spacial score (nSPS) is 28.6. The SMILES string of the molecule is CCC1CCCC(OCCC(C)(N)C(=O)O)C1. The van der Waals surface area contributed by atoms with Gasteiger partial charge in [0.05, 0.1) is 6.10 Å². The van der Waals surface area contributed by atoms with Crippen molar-refractivity contribution in [3.63, 3.8) is 0 Å². The van der Waals surface area contributed by atoms with Crippen LogP contribution >= 0.6 is 0 Å². The summed E-state index contributed by atoms with van der Waals surface area (Å²) in [6, 6.07) is 0. The molecule has 100 valence electrons. The monoisotopic (exact) mass is 243 g/mol. The van der Waals surface area contributed by atoms with E-state index in [0.29, 0.717) is 19.1 Å². The van der Waals surface area contributed by atoms with Crippen LogP contribution in [-0.2, 0) is 9.53 Å². The van der Waals surface area contributed by atoms with Crippen LogP contribution in [0.3, 0.4) is 0 Å². The van der Waals surface area contributed by atoms with Crippen molar-refractivity contribution in [3.05, 3.63) is 0 Å². The molecule has 1 aliphatic rings. The van der Waals surface area contributed by atoms with E-state index in [2.05, 4.69) is 6.92 Å². The minimum Gasteiger partial charge on any atom is -0.480 e. The minimum atomic E-state index is -1.17. The van der Waals surface area contributed by atoms with Crippen LogP contribution in [0.25, 0.3) is 0 Å². The van der Waals surface area contributed by atoms with Gasteiger partial charge in [-0.05, 0) is 32.1 Å². The smallest absolute Gasteiger partial charge is 0.323 e. The van der Waals surface area contributed by atoms with Gasteiger partial charge in [-0.2, -0.15) is 0 Å². The van der Waals surface area contributed by atoms with Crippen LogP contribution in [0.4, 0.5) is 0 Å². The molecule has 4 nitrogen and oxygen atoms in total. The third-order valence-corrected chi connectivity index (χ3v) is 3.78. The fraction of sp³-hybridized carbons (Fsp3) is 0.923. The zero-order valence-electron chi connectivity index (χ0n) is 10.9. The summed E-state index contributed by atoms with van der Waals surface area (Å²) in [7, 11) is 0. The maximum Gasteiger partial charge on any atom is 0.323 e. The van der Waals surface area contributed by atoms with E-state index in [4.69, 9.17) is 15.6 Å². The van der Waals surface area contributed by atoms with E-state index in [1.165, 1.54) is 26.2 Å². The molecule has 0 amide bonds. The highest BCUT2D eigenvalue weighted by Crippen LogP contribution is 2.28. The van der Waals surface area contributed by atoms with Gasteiger partial charge in [-0.15, -0.1) is 0 Å². The summed E-state index contributed by atoms with van der Waals surface area (Å²) in [5.41, 5.74) is 4.48. The van der Waals surface area contributed by atoms with Gasteiger partial charge in [-0.25, -0.2) is 0 Å². The molecule has 4 heteroatoms. The fourth-order valence-electron chi connectivity index (χ4n) is 2.31. The topological polar surface area (TPSA) is 72.5 Å². The predicted octanol–water partition coefficient (Wildman–Crippen LogP) is 2.16. The van der Waals surface area contributed by atoms with Crippen molar-refractivity contribution in [1.82, 2.24) is 0 Å². The van der Waals surface area contributed by atoms with E-state index in [9.17, 15) is 4.79 Å². The average Bonchev–Trinajstić information content (AvgIpc) is 2.29. The lowest BCUT2D eigenvalue weighted by atomic mass is 9.85.